The molecule has 5 aliphatic rings. The van der Waals surface area contributed by atoms with E-state index in [1.165, 1.54) is 109 Å². The molecule has 0 amide bonds. The van der Waals surface area contributed by atoms with Gasteiger partial charge in [0.15, 0.2) is 25.1 Å². The number of allylic oxidation sites excluding steroid dienone is 1. The van der Waals surface area contributed by atoms with Crippen molar-refractivity contribution in [1.29, 1.82) is 1.28 Å². The Morgan fingerprint density at radius 2 is 0.740 bits per heavy atom. The number of aromatic amines is 2. The number of fused-ring (bicyclic) bond motifs is 15. The number of ether oxygens (including phenoxy) is 8. The number of aromatic nitrogens is 12. The smallest absolute Gasteiger partial charge is 0.355 e. The maximum atomic E-state index is 9.82. The third-order valence-corrected chi connectivity index (χ3v) is 27.9. The number of rotatable bonds is 12. The minimum absolute atomic E-state index is 0.0609. The topological polar surface area (TPSA) is 227 Å². The molecule has 22 nitrogen and oxygen atoms in total. The largest absolute Gasteiger partial charge is 0.508 e. The molecule has 14 heterocycles. The fourth-order valence-electron chi connectivity index (χ4n) is 20.2. The van der Waals surface area contributed by atoms with Crippen LogP contribution in [-0.4, -0.2) is 109 Å². The van der Waals surface area contributed by atoms with Gasteiger partial charge in [-0.3, -0.25) is 0 Å². The third kappa shape index (κ3) is 25.3. The van der Waals surface area contributed by atoms with Gasteiger partial charge in [-0.25, -0.2) is 19.0 Å². The summed E-state index contributed by atoms with van der Waals surface area (Å²) in [4.78, 5) is 10.6. The second-order valence-corrected chi connectivity index (χ2v) is 42.2. The Morgan fingerprint density at radius 1 is 0.360 bits per heavy atom. The van der Waals surface area contributed by atoms with Gasteiger partial charge < -0.3 is 71.8 Å². The minimum atomic E-state index is -0.870. The maximum Gasteiger partial charge on any atom is 0.355 e. The second-order valence-electron chi connectivity index (χ2n) is 37.7. The van der Waals surface area contributed by atoms with E-state index in [0.29, 0.717) is 11.5 Å². The molecule has 0 aliphatic carbocycles. The van der Waals surface area contributed by atoms with Gasteiger partial charge in [-0.2, -0.15) is 15.3 Å². The van der Waals surface area contributed by atoms with Crippen molar-refractivity contribution >= 4 is 169 Å². The van der Waals surface area contributed by atoms with Gasteiger partial charge in [0.25, 0.3) is 0 Å². The summed E-state index contributed by atoms with van der Waals surface area (Å²) in [5.74, 6) is 4.67. The first kappa shape index (κ1) is 103. The Morgan fingerprint density at radius 3 is 1.15 bits per heavy atom. The van der Waals surface area contributed by atoms with E-state index < -0.39 is 6.99 Å². The molecule has 4 saturated heterocycles. The molecular formula is C123H123Br2N12O10P2S+. The number of phenolic OH excluding ortho intramolecular Hbond substituents is 2. The molecule has 27 rings (SSSR count). The highest BCUT2D eigenvalue weighted by Crippen LogP contribution is 2.43. The van der Waals surface area contributed by atoms with E-state index >= 15 is 0 Å². The molecule has 0 radical (unpaired) electrons. The molecule has 27 heteroatoms. The van der Waals surface area contributed by atoms with E-state index in [0.717, 1.165) is 212 Å². The number of pyridine rings is 1. The summed E-state index contributed by atoms with van der Waals surface area (Å²) in [7, 11) is 2.20. The Labute approximate surface area is 899 Å². The van der Waals surface area contributed by atoms with Gasteiger partial charge >= 0.3 is 1.28 Å². The molecular weight excluding hydrogens is 2060 g/mol. The number of para-hydroxylation sites is 5. The molecule has 22 aromatic rings. The van der Waals surface area contributed by atoms with E-state index in [-0.39, 0.29) is 25.0 Å². The summed E-state index contributed by atoms with van der Waals surface area (Å²) in [6, 6.07) is 108. The normalized spacial score (nSPS) is 16.0. The Balaban J connectivity index is 0.000000112. The molecule has 0 bridgehead atoms. The van der Waals surface area contributed by atoms with Crippen LogP contribution >= 0.6 is 47.8 Å². The SMILES string of the molecule is Brc1ccccn1.C1=COCCC1.Cc1cc(C)n(-c2cccc(Br)c2)n1.Cc1cc(C)n(-c2cccc(Oc3ccc4c(c3)[nH]c3ccccc34)c2)n1.Cc1cc(C)n(-c2cccc(Oc3ccc4c5ccccc5n(C5CCCCO5)c4c3)c2)n1.Oc1ccc2c(c1)[nH]c1ccccc12.Oc1ccc2c3ccccc3n(C3CCCCO3)c2c1.[3H][P+](P)=S.c1ccc2c(c1)c1ccc(OC3CCCCO3)cc1n2C1CCCCO1. The summed E-state index contributed by atoms with van der Waals surface area (Å²) in [6.07, 6.45) is 21.5. The Bertz CT molecular complexity index is 8470. The average Bonchev–Trinajstić information content (AvgIpc) is 1.60. The van der Waals surface area contributed by atoms with E-state index in [1.807, 2.05) is 180 Å². The highest BCUT2D eigenvalue weighted by Gasteiger charge is 2.27. The highest BCUT2D eigenvalue weighted by molar-refractivity contribution is 9.10. The number of hydrogen-bond acceptors (Lipinski definition) is 15. The van der Waals surface area contributed by atoms with E-state index in [2.05, 4.69) is 281 Å². The van der Waals surface area contributed by atoms with Crippen molar-refractivity contribution in [3.8, 4) is 57.3 Å². The lowest BCUT2D eigenvalue weighted by Crippen LogP contribution is -2.25. The molecule has 764 valence electrons. The first-order valence-corrected chi connectivity index (χ1v) is 56.4. The molecule has 6 atom stereocenters. The van der Waals surface area contributed by atoms with Crippen molar-refractivity contribution in [1.82, 2.24) is 58.0 Å². The predicted octanol–water partition coefficient (Wildman–Crippen LogP) is 33.0. The third-order valence-electron chi connectivity index (χ3n) is 26.9. The zero-order valence-electron chi connectivity index (χ0n) is 85.9. The van der Waals surface area contributed by atoms with Crippen molar-refractivity contribution in [2.75, 3.05) is 33.0 Å². The maximum absolute atomic E-state index is 9.82. The number of nitrogens with one attached hydrogen (secondary N) is 2. The van der Waals surface area contributed by atoms with E-state index in [4.69, 9.17) is 39.2 Å². The Hall–Kier alpha value is -14.1. The van der Waals surface area contributed by atoms with Gasteiger partial charge in [-0.05, 0) is 311 Å². The van der Waals surface area contributed by atoms with Crippen LogP contribution in [0.4, 0.5) is 0 Å². The van der Waals surface area contributed by atoms with Crippen molar-refractivity contribution in [2.24, 2.45) is 0 Å². The average molecular weight is 2190 g/mol. The van der Waals surface area contributed by atoms with Gasteiger partial charge in [0.1, 0.15) is 63.5 Å². The number of nitrogens with zero attached hydrogens (tertiary/aromatic N) is 10. The van der Waals surface area contributed by atoms with Crippen molar-refractivity contribution in [3.63, 3.8) is 0 Å². The minimum Gasteiger partial charge on any atom is -0.508 e. The molecule has 150 heavy (non-hydrogen) atoms. The molecule has 5 aliphatic heterocycles. The number of hydrogen-bond donors (Lipinski definition) is 4. The zero-order valence-corrected chi connectivity index (χ0v) is 90.9. The number of benzene rings is 13. The van der Waals surface area contributed by atoms with Crippen molar-refractivity contribution in [2.45, 2.75) is 156 Å². The number of phenols is 2. The van der Waals surface area contributed by atoms with Crippen molar-refractivity contribution in [3.05, 3.63) is 383 Å². The molecule has 0 saturated carbocycles. The van der Waals surface area contributed by atoms with Crippen LogP contribution in [0.15, 0.2) is 349 Å². The van der Waals surface area contributed by atoms with Crippen LogP contribution in [0.3, 0.4) is 0 Å². The Kier molecular flexibility index (Phi) is 34.4. The molecule has 0 spiro atoms. The first-order valence-electron chi connectivity index (χ1n) is 51.7. The summed E-state index contributed by atoms with van der Waals surface area (Å²) >= 11 is 11.0. The van der Waals surface area contributed by atoms with Gasteiger partial charge in [-0.15, -0.1) is 0 Å². The molecule has 9 aromatic heterocycles. The van der Waals surface area contributed by atoms with Gasteiger partial charge in [0, 0.05) is 161 Å². The highest BCUT2D eigenvalue weighted by atomic mass is 79.9. The quantitative estimate of drug-likeness (QED) is 0.0659. The lowest BCUT2D eigenvalue weighted by atomic mass is 10.1. The van der Waals surface area contributed by atoms with Gasteiger partial charge in [0.05, 0.1) is 107 Å². The number of H-pyrrole nitrogens is 2. The van der Waals surface area contributed by atoms with Crippen LogP contribution in [0.2, 0.25) is 0 Å². The molecule has 4 fully saturated rings. The lowest BCUT2D eigenvalue weighted by molar-refractivity contribution is -0.105. The summed E-state index contributed by atoms with van der Waals surface area (Å²) in [6.45, 7) is 15.5. The zero-order chi connectivity index (χ0) is 104. The predicted molar refractivity (Wildman–Crippen MR) is 623 cm³/mol. The number of aryl methyl sites for hydroxylation is 6. The van der Waals surface area contributed by atoms with Crippen LogP contribution in [-0.2, 0) is 35.5 Å². The first-order chi connectivity index (χ1) is 73.7. The van der Waals surface area contributed by atoms with Crippen LogP contribution in [0.1, 0.15) is 143 Å². The fourth-order valence-corrected chi connectivity index (χ4v) is 20.9. The monoisotopic (exact) mass is 2180 g/mol. The second kappa shape index (κ2) is 50.0. The molecule has 13 aromatic carbocycles. The van der Waals surface area contributed by atoms with Gasteiger partial charge in [0.2, 0.25) is 0 Å². The summed E-state index contributed by atoms with van der Waals surface area (Å²) in [5.41, 5.74) is 20.8. The number of halogens is 2. The van der Waals surface area contributed by atoms with Crippen LogP contribution in [0.5, 0.6) is 40.2 Å². The van der Waals surface area contributed by atoms with E-state index in [9.17, 15) is 10.2 Å². The number of aromatic hydroxyl groups is 2. The fraction of sp³-hybridized carbons (Fsp3) is 0.236. The van der Waals surface area contributed by atoms with Crippen molar-refractivity contribution < 1.29 is 48.1 Å². The van der Waals surface area contributed by atoms with E-state index in [1.54, 1.807) is 30.7 Å². The molecule has 6 unspecified atom stereocenters. The summed E-state index contributed by atoms with van der Waals surface area (Å²) < 4.78 is 68.7. The van der Waals surface area contributed by atoms with Gasteiger partial charge in [-0.1, -0.05) is 131 Å². The van der Waals surface area contributed by atoms with Crippen LogP contribution in [0.25, 0.3) is 126 Å². The van der Waals surface area contributed by atoms with Crippen LogP contribution < -0.4 is 14.2 Å². The van der Waals surface area contributed by atoms with Crippen LogP contribution in [0, 0.1) is 41.5 Å². The standard InChI is InChI=1S/C28H27N3O2.C23H19N3O.C22H25NO3.C17H17NO2.C12H9NO.C11H11BrN2.C5H4BrN.C5H8O.H2P2S/c1-19-16-20(2)31(29-19)21-8-7-9-22(17-21)33-23-13-14-25-24-10-3-4-11-26(24)30(27(25)18-23)28-12-5-6-15-32-28;1-15-12-16(2)26(25-15)17-6-5-7-18(13-17)27-19-10-11-21-20-8-3-4-9-22(20)24-23(21)14-19;1-2-8-19-17(7-1)18-12-11-16(26-22-10-4-6-14-25-22)15-20(18)23(19)21-9-3-5-13-24-21;19-12-8-9-14-13-5-1-2-6-15(13)18(16(14)11-12)17-7-3-4-10-20-17;14-8-5-6-10-9-3-1-2-4-11(9)13-12(10)7-8;1-8-6-9(2)14(13-8)11-5-3-4-10(12)7-11;6-5-3-1-2-4-7-5;1-2-4-6-5-3-1;1-2-3/h3-4,7-11,13-14,16-18,28H,5-6,12,15H2,1-2H3;3-14,24H,1-2H3;1-2,7-8,11-12,15,21-22H,3-6,9-10,13-14H2;1-2,5-6,8-9,11,17,19H,3-4,7,10H2;1-7,13-14H;3-7H,1-2H3;1-4H;2,4H,1,3,5H2;1H2/p+1/i/hT. The molecule has 4 N–H and O–H groups in total. The lowest BCUT2D eigenvalue weighted by Gasteiger charge is -2.26. The summed E-state index contributed by atoms with van der Waals surface area (Å²) in [5, 5.41) is 44.9.